The van der Waals surface area contributed by atoms with Crippen LogP contribution in [0, 0.1) is 0 Å². The quantitative estimate of drug-likeness (QED) is 0.792. The zero-order valence-electron chi connectivity index (χ0n) is 10.1. The maximum absolute atomic E-state index is 11.5. The zero-order valence-corrected chi connectivity index (χ0v) is 10.8. The summed E-state index contributed by atoms with van der Waals surface area (Å²) in [5, 5.41) is 10.1. The summed E-state index contributed by atoms with van der Waals surface area (Å²) in [5.74, 6) is 0.507. The number of carbonyl (C=O) groups excluding carboxylic acids is 1. The Morgan fingerprint density at radius 3 is 3.00 bits per heavy atom. The van der Waals surface area contributed by atoms with Gasteiger partial charge in [-0.3, -0.25) is 9.89 Å². The van der Waals surface area contributed by atoms with Gasteiger partial charge in [-0.25, -0.2) is 0 Å². The van der Waals surface area contributed by atoms with Gasteiger partial charge in [0.25, 0.3) is 0 Å². The van der Waals surface area contributed by atoms with Crippen LogP contribution in [-0.4, -0.2) is 46.2 Å². The van der Waals surface area contributed by atoms with Crippen LogP contribution in [0.2, 0.25) is 5.28 Å². The molecule has 0 aromatic carbocycles. The van der Waals surface area contributed by atoms with Crippen molar-refractivity contribution in [2.45, 2.75) is 6.92 Å². The standard InChI is InChI=1S/C10H13ClN6O/c1-3-17(5-7(18)12-2)9-6-4-13-16-8(6)14-10(11)15-9/h4H,3,5H2,1-2H3,(H,12,18)(H,13,14,15,16). The highest BCUT2D eigenvalue weighted by Crippen LogP contribution is 2.23. The lowest BCUT2D eigenvalue weighted by atomic mass is 10.3. The lowest BCUT2D eigenvalue weighted by Crippen LogP contribution is -2.36. The highest BCUT2D eigenvalue weighted by atomic mass is 35.5. The van der Waals surface area contributed by atoms with Gasteiger partial charge in [-0.15, -0.1) is 0 Å². The normalized spacial score (nSPS) is 10.6. The molecule has 0 bridgehead atoms. The first-order chi connectivity index (χ1) is 8.65. The number of fused-ring (bicyclic) bond motifs is 1. The molecule has 0 radical (unpaired) electrons. The van der Waals surface area contributed by atoms with E-state index >= 15 is 0 Å². The number of nitrogens with one attached hydrogen (secondary N) is 2. The van der Waals surface area contributed by atoms with E-state index in [1.54, 1.807) is 13.2 Å². The Labute approximate surface area is 109 Å². The maximum atomic E-state index is 11.5. The number of likely N-dealkylation sites (N-methyl/N-ethyl adjacent to an activating group) is 2. The summed E-state index contributed by atoms with van der Waals surface area (Å²) >= 11 is 5.85. The second-order valence-corrected chi connectivity index (χ2v) is 3.97. The smallest absolute Gasteiger partial charge is 0.239 e. The molecule has 2 N–H and O–H groups in total. The number of hydrogen-bond donors (Lipinski definition) is 2. The molecule has 0 aliphatic heterocycles. The molecule has 0 saturated heterocycles. The largest absolute Gasteiger partial charge is 0.358 e. The van der Waals surface area contributed by atoms with Gasteiger partial charge in [0.15, 0.2) is 5.65 Å². The minimum Gasteiger partial charge on any atom is -0.358 e. The van der Waals surface area contributed by atoms with Crippen LogP contribution in [0.15, 0.2) is 6.20 Å². The summed E-state index contributed by atoms with van der Waals surface area (Å²) in [4.78, 5) is 21.5. The average molecular weight is 269 g/mol. The fourth-order valence-corrected chi connectivity index (χ4v) is 1.79. The van der Waals surface area contributed by atoms with Crippen LogP contribution in [0.5, 0.6) is 0 Å². The summed E-state index contributed by atoms with van der Waals surface area (Å²) in [6.45, 7) is 2.77. The Balaban J connectivity index is 2.43. The molecular formula is C10H13ClN6O. The monoisotopic (exact) mass is 268 g/mol. The molecule has 1 amide bonds. The van der Waals surface area contributed by atoms with E-state index in [0.29, 0.717) is 18.0 Å². The Bertz CT molecular complexity index is 568. The molecule has 2 heterocycles. The van der Waals surface area contributed by atoms with Gasteiger partial charge in [-0.05, 0) is 18.5 Å². The predicted molar refractivity (Wildman–Crippen MR) is 68.6 cm³/mol. The van der Waals surface area contributed by atoms with Crippen molar-refractivity contribution < 1.29 is 4.79 Å². The molecule has 18 heavy (non-hydrogen) atoms. The lowest BCUT2D eigenvalue weighted by molar-refractivity contribution is -0.119. The van der Waals surface area contributed by atoms with E-state index in [0.717, 1.165) is 5.39 Å². The van der Waals surface area contributed by atoms with Gasteiger partial charge in [0.05, 0.1) is 18.1 Å². The third-order valence-corrected chi connectivity index (χ3v) is 2.73. The third kappa shape index (κ3) is 2.35. The van der Waals surface area contributed by atoms with Crippen molar-refractivity contribution >= 4 is 34.4 Å². The van der Waals surface area contributed by atoms with Crippen molar-refractivity contribution in [1.82, 2.24) is 25.5 Å². The maximum Gasteiger partial charge on any atom is 0.239 e. The Morgan fingerprint density at radius 1 is 1.56 bits per heavy atom. The SMILES string of the molecule is CCN(CC(=O)NC)c1nc(Cl)nc2[nH]ncc12. The topological polar surface area (TPSA) is 86.8 Å². The molecule has 0 saturated carbocycles. The molecule has 0 aliphatic rings. The van der Waals surface area contributed by atoms with Crippen LogP contribution in [0.1, 0.15) is 6.92 Å². The van der Waals surface area contributed by atoms with Gasteiger partial charge in [0.2, 0.25) is 11.2 Å². The van der Waals surface area contributed by atoms with E-state index in [4.69, 9.17) is 11.6 Å². The van der Waals surface area contributed by atoms with Gasteiger partial charge in [0.1, 0.15) is 5.82 Å². The van der Waals surface area contributed by atoms with Crippen LogP contribution >= 0.6 is 11.6 Å². The molecule has 96 valence electrons. The molecule has 0 spiro atoms. The highest BCUT2D eigenvalue weighted by Gasteiger charge is 2.16. The summed E-state index contributed by atoms with van der Waals surface area (Å²) in [5.41, 5.74) is 0.556. The van der Waals surface area contributed by atoms with Crippen LogP contribution in [0.4, 0.5) is 5.82 Å². The molecule has 2 rings (SSSR count). The Hall–Kier alpha value is -1.89. The molecule has 7 nitrogen and oxygen atoms in total. The summed E-state index contributed by atoms with van der Waals surface area (Å²) in [6, 6.07) is 0. The van der Waals surface area contributed by atoms with E-state index in [-0.39, 0.29) is 17.7 Å². The minimum atomic E-state index is -0.0942. The van der Waals surface area contributed by atoms with E-state index in [1.807, 2.05) is 11.8 Å². The third-order valence-electron chi connectivity index (χ3n) is 2.56. The van der Waals surface area contributed by atoms with Crippen molar-refractivity contribution in [2.24, 2.45) is 0 Å². The number of anilines is 1. The number of amides is 1. The number of hydrogen-bond acceptors (Lipinski definition) is 5. The van der Waals surface area contributed by atoms with Crippen LogP contribution < -0.4 is 10.2 Å². The fourth-order valence-electron chi connectivity index (χ4n) is 1.62. The van der Waals surface area contributed by atoms with Crippen molar-refractivity contribution in [3.8, 4) is 0 Å². The van der Waals surface area contributed by atoms with Gasteiger partial charge in [-0.1, -0.05) is 0 Å². The number of carbonyl (C=O) groups is 1. The van der Waals surface area contributed by atoms with Gasteiger partial charge in [-0.2, -0.15) is 15.1 Å². The van der Waals surface area contributed by atoms with E-state index < -0.39 is 0 Å². The number of H-pyrrole nitrogens is 1. The van der Waals surface area contributed by atoms with Crippen molar-refractivity contribution in [3.63, 3.8) is 0 Å². The Morgan fingerprint density at radius 2 is 2.33 bits per heavy atom. The first-order valence-corrected chi connectivity index (χ1v) is 5.85. The molecule has 8 heteroatoms. The second-order valence-electron chi connectivity index (χ2n) is 3.64. The van der Waals surface area contributed by atoms with Crippen molar-refractivity contribution in [1.29, 1.82) is 0 Å². The van der Waals surface area contributed by atoms with E-state index in [9.17, 15) is 4.79 Å². The number of aromatic amines is 1. The number of aromatic nitrogens is 4. The molecule has 2 aromatic rings. The summed E-state index contributed by atoms with van der Waals surface area (Å²) < 4.78 is 0. The predicted octanol–water partition coefficient (Wildman–Crippen LogP) is 0.579. The number of nitrogens with zero attached hydrogens (tertiary/aromatic N) is 4. The molecule has 0 unspecified atom stereocenters. The molecular weight excluding hydrogens is 256 g/mol. The average Bonchev–Trinajstić information content (AvgIpc) is 2.82. The molecule has 0 aliphatic carbocycles. The summed E-state index contributed by atoms with van der Waals surface area (Å²) in [7, 11) is 1.59. The van der Waals surface area contributed by atoms with Gasteiger partial charge < -0.3 is 10.2 Å². The van der Waals surface area contributed by atoms with Gasteiger partial charge in [0, 0.05) is 13.6 Å². The summed E-state index contributed by atoms with van der Waals surface area (Å²) in [6.07, 6.45) is 1.62. The fraction of sp³-hybridized carbons (Fsp3) is 0.400. The second kappa shape index (κ2) is 5.18. The van der Waals surface area contributed by atoms with Crippen LogP contribution in [0.25, 0.3) is 11.0 Å². The molecule has 2 aromatic heterocycles. The van der Waals surface area contributed by atoms with E-state index in [1.165, 1.54) is 0 Å². The molecule has 0 fully saturated rings. The Kier molecular flexibility index (Phi) is 3.61. The highest BCUT2D eigenvalue weighted by molar-refractivity contribution is 6.28. The lowest BCUT2D eigenvalue weighted by Gasteiger charge is -2.21. The van der Waals surface area contributed by atoms with Gasteiger partial charge >= 0.3 is 0 Å². The number of halogens is 1. The zero-order chi connectivity index (χ0) is 13.1. The number of rotatable bonds is 4. The van der Waals surface area contributed by atoms with Crippen LogP contribution in [0.3, 0.4) is 0 Å². The molecule has 0 atom stereocenters. The van der Waals surface area contributed by atoms with Crippen LogP contribution in [-0.2, 0) is 4.79 Å². The van der Waals surface area contributed by atoms with E-state index in [2.05, 4.69) is 25.5 Å². The van der Waals surface area contributed by atoms with Crippen molar-refractivity contribution in [3.05, 3.63) is 11.5 Å². The first-order valence-electron chi connectivity index (χ1n) is 5.47. The minimum absolute atomic E-state index is 0.0942. The van der Waals surface area contributed by atoms with Crippen molar-refractivity contribution in [2.75, 3.05) is 25.0 Å². The first kappa shape index (κ1) is 12.6.